The van der Waals surface area contributed by atoms with E-state index in [-0.39, 0.29) is 34.1 Å². The van der Waals surface area contributed by atoms with Gasteiger partial charge < -0.3 is 35.8 Å². The number of H-pyrrole nitrogens is 1. The molecule has 0 aromatic carbocycles. The van der Waals surface area contributed by atoms with Crippen molar-refractivity contribution in [1.82, 2.24) is 39.0 Å². The Balaban J connectivity index is 1.23. The van der Waals surface area contributed by atoms with Crippen LogP contribution in [-0.4, -0.2) is 97.7 Å². The first kappa shape index (κ1) is 32.2. The lowest BCUT2D eigenvalue weighted by Crippen LogP contribution is -2.36. The van der Waals surface area contributed by atoms with E-state index in [0.29, 0.717) is 12.8 Å². The highest BCUT2D eigenvalue weighted by atomic mass is 31.2. The molecule has 0 saturated carbocycles. The van der Waals surface area contributed by atoms with Gasteiger partial charge in [0, 0.05) is 5.92 Å². The number of nitrogens with one attached hydrogen (secondary N) is 1. The molecular weight excluding hydrogens is 670 g/mol. The fraction of sp³-hybridized carbons (Fsp3) is 0.565. The van der Waals surface area contributed by atoms with Crippen LogP contribution in [0.15, 0.2) is 23.8 Å². The van der Waals surface area contributed by atoms with Crippen LogP contribution in [0.25, 0.3) is 22.3 Å². The second-order valence-corrected chi connectivity index (χ2v) is 13.9. The summed E-state index contributed by atoms with van der Waals surface area (Å²) in [6.07, 6.45) is -4.97. The Hall–Kier alpha value is -3.40. The number of phosphoric ester groups is 2. The molecule has 0 radical (unpaired) electrons. The van der Waals surface area contributed by atoms with Crippen molar-refractivity contribution in [3.05, 3.63) is 29.3 Å². The molecule has 47 heavy (non-hydrogen) atoms. The Labute approximate surface area is 263 Å². The minimum absolute atomic E-state index is 0.00563. The second-order valence-electron chi connectivity index (χ2n) is 11.1. The summed E-state index contributed by atoms with van der Waals surface area (Å²) in [7, 11) is -9.95. The van der Waals surface area contributed by atoms with Crippen molar-refractivity contribution in [3.8, 4) is 0 Å². The number of aliphatic hydroxyl groups is 1. The first-order valence-electron chi connectivity index (χ1n) is 14.3. The van der Waals surface area contributed by atoms with Crippen LogP contribution in [0.4, 0.5) is 11.8 Å². The molecule has 8 N–H and O–H groups in total. The molecule has 0 amide bonds. The normalized spacial score (nSPS) is 36.6. The molecule has 3 fully saturated rings. The Morgan fingerprint density at radius 3 is 2.28 bits per heavy atom. The van der Waals surface area contributed by atoms with Gasteiger partial charge in [0.1, 0.15) is 36.3 Å². The summed E-state index contributed by atoms with van der Waals surface area (Å²) in [6, 6.07) is 0. The number of nitrogens with two attached hydrogens (primary N) is 2. The molecule has 10 unspecified atom stereocenters. The van der Waals surface area contributed by atoms with Crippen LogP contribution in [0.3, 0.4) is 0 Å². The summed E-state index contributed by atoms with van der Waals surface area (Å²) >= 11 is 0. The Morgan fingerprint density at radius 1 is 0.915 bits per heavy atom. The van der Waals surface area contributed by atoms with Crippen LogP contribution in [0.2, 0.25) is 0 Å². The molecule has 3 saturated heterocycles. The Morgan fingerprint density at radius 2 is 1.55 bits per heavy atom. The van der Waals surface area contributed by atoms with E-state index in [1.54, 1.807) is 0 Å². The van der Waals surface area contributed by atoms with Crippen LogP contribution in [0.5, 0.6) is 0 Å². The summed E-state index contributed by atoms with van der Waals surface area (Å²) in [5, 5.41) is 11.2. The molecule has 22 nitrogen and oxygen atoms in total. The van der Waals surface area contributed by atoms with Gasteiger partial charge in [0.25, 0.3) is 5.56 Å². The molecule has 4 aromatic rings. The largest absolute Gasteiger partial charge is 0.472 e. The zero-order valence-electron chi connectivity index (χ0n) is 24.4. The van der Waals surface area contributed by atoms with Gasteiger partial charge in [0.15, 0.2) is 35.1 Å². The number of hydrogen-bond donors (Lipinski definition) is 6. The molecule has 0 aliphatic carbocycles. The SMILES string of the molecule is CCCC1C2COP(=O)(O)OC3C(COP(=O)(O)OC1C(n1cnc4c(=O)[nH]c(N)nc41)O2)OC(n1cnc2c(N)ncnc21)C3O. The van der Waals surface area contributed by atoms with Gasteiger partial charge in [-0.05, 0) is 6.42 Å². The number of anilines is 2. The van der Waals surface area contributed by atoms with E-state index in [9.17, 15) is 28.8 Å². The molecule has 4 aromatic heterocycles. The molecule has 10 atom stereocenters. The van der Waals surface area contributed by atoms with E-state index in [0.717, 1.165) is 0 Å². The first-order chi connectivity index (χ1) is 22.4. The van der Waals surface area contributed by atoms with E-state index >= 15 is 0 Å². The smallest absolute Gasteiger partial charge is 0.386 e. The predicted molar refractivity (Wildman–Crippen MR) is 156 cm³/mol. The lowest BCUT2D eigenvalue weighted by Gasteiger charge is -2.26. The topological polar surface area (TPSA) is 309 Å². The quantitative estimate of drug-likeness (QED) is 0.149. The summed E-state index contributed by atoms with van der Waals surface area (Å²) in [6.45, 7) is 0.547. The second kappa shape index (κ2) is 11.9. The van der Waals surface area contributed by atoms with Gasteiger partial charge >= 0.3 is 15.6 Å². The maximum atomic E-state index is 13.5. The minimum atomic E-state index is -4.98. The number of ether oxygens (including phenoxy) is 2. The van der Waals surface area contributed by atoms with Gasteiger partial charge in [-0.25, -0.2) is 29.1 Å². The number of hydrogen-bond acceptors (Lipinski definition) is 17. The number of aliphatic hydroxyl groups excluding tert-OH is 1. The van der Waals surface area contributed by atoms with Crippen molar-refractivity contribution in [2.45, 2.75) is 62.7 Å². The van der Waals surface area contributed by atoms with E-state index in [1.165, 1.54) is 28.1 Å². The number of nitrogens with zero attached hydrogens (tertiary/aromatic N) is 7. The number of nitrogen functional groups attached to an aromatic ring is 2. The lowest BCUT2D eigenvalue weighted by atomic mass is 9.93. The van der Waals surface area contributed by atoms with Gasteiger partial charge in [-0.15, -0.1) is 0 Å². The minimum Gasteiger partial charge on any atom is -0.386 e. The van der Waals surface area contributed by atoms with E-state index in [4.69, 9.17) is 39.0 Å². The molecule has 2 bridgehead atoms. The zero-order chi connectivity index (χ0) is 33.2. The van der Waals surface area contributed by atoms with Gasteiger partial charge in [-0.3, -0.25) is 37.0 Å². The standard InChI is InChI=1S/C23H30N10O12P2/c1-2-3-9-10-4-40-47(38,39)45-16-11(43-21(14(16)34)32-7-28-12-17(24)26-6-27-18(12)32)5-41-46(36,37)44-15(9)22(42-10)33-8-29-13-19(33)30-23(25)31-20(13)35/h6-11,14-16,21-22,34H,2-5H2,1H3,(H,36,37)(H,38,39)(H2,24,26,27)(H3,25,30,31,35). The highest BCUT2D eigenvalue weighted by Crippen LogP contribution is 2.55. The molecule has 7 heterocycles. The number of aromatic nitrogens is 8. The average Bonchev–Trinajstić information content (AvgIpc) is 3.76. The molecule has 3 aliphatic heterocycles. The van der Waals surface area contributed by atoms with E-state index in [1.807, 2.05) is 6.92 Å². The average molecular weight is 700 g/mol. The third-order valence-corrected chi connectivity index (χ3v) is 10.1. The van der Waals surface area contributed by atoms with Crippen molar-refractivity contribution >= 4 is 49.7 Å². The van der Waals surface area contributed by atoms with Crippen LogP contribution in [0, 0.1) is 5.92 Å². The molecule has 7 rings (SSSR count). The van der Waals surface area contributed by atoms with Crippen LogP contribution >= 0.6 is 15.6 Å². The van der Waals surface area contributed by atoms with Gasteiger partial charge in [0.2, 0.25) is 5.95 Å². The van der Waals surface area contributed by atoms with Gasteiger partial charge in [0.05, 0.1) is 32.0 Å². The van der Waals surface area contributed by atoms with E-state index < -0.39 is 83.3 Å². The Bertz CT molecular complexity index is 1970. The number of fused-ring (bicyclic) bond motifs is 5. The number of rotatable bonds is 4. The summed E-state index contributed by atoms with van der Waals surface area (Å²) in [4.78, 5) is 56.9. The zero-order valence-corrected chi connectivity index (χ0v) is 26.2. The molecule has 3 aliphatic rings. The highest BCUT2D eigenvalue weighted by Gasteiger charge is 2.54. The van der Waals surface area contributed by atoms with Crippen molar-refractivity contribution in [1.29, 1.82) is 0 Å². The Kier molecular flexibility index (Phi) is 8.17. The third-order valence-electron chi connectivity index (χ3n) is 8.13. The number of aromatic amines is 1. The van der Waals surface area contributed by atoms with Crippen molar-refractivity contribution in [3.63, 3.8) is 0 Å². The van der Waals surface area contributed by atoms with Crippen molar-refractivity contribution < 1.29 is 51.6 Å². The van der Waals surface area contributed by atoms with Crippen LogP contribution in [0.1, 0.15) is 32.2 Å². The van der Waals surface area contributed by atoms with Crippen LogP contribution in [-0.2, 0) is 36.7 Å². The van der Waals surface area contributed by atoms with Crippen LogP contribution < -0.4 is 17.0 Å². The van der Waals surface area contributed by atoms with E-state index in [2.05, 4.69) is 29.9 Å². The fourth-order valence-corrected chi connectivity index (χ4v) is 8.01. The number of phosphoric acid groups is 2. The lowest BCUT2D eigenvalue weighted by molar-refractivity contribution is -0.0671. The van der Waals surface area contributed by atoms with Crippen molar-refractivity contribution in [2.24, 2.45) is 5.92 Å². The maximum absolute atomic E-state index is 13.5. The maximum Gasteiger partial charge on any atom is 0.472 e. The predicted octanol–water partition coefficient (Wildman–Crippen LogP) is -0.286. The molecular formula is C23H30N10O12P2. The molecule has 24 heteroatoms. The van der Waals surface area contributed by atoms with Gasteiger partial charge in [-0.1, -0.05) is 13.3 Å². The first-order valence-corrected chi connectivity index (χ1v) is 17.3. The third kappa shape index (κ3) is 5.85. The molecule has 254 valence electrons. The highest BCUT2D eigenvalue weighted by molar-refractivity contribution is 7.47. The monoisotopic (exact) mass is 700 g/mol. The summed E-state index contributed by atoms with van der Waals surface area (Å²) < 4.78 is 63.3. The number of imidazole rings is 2. The van der Waals surface area contributed by atoms with Gasteiger partial charge in [-0.2, -0.15) is 4.98 Å². The summed E-state index contributed by atoms with van der Waals surface area (Å²) in [5.41, 5.74) is 11.3. The fourth-order valence-electron chi connectivity index (χ4n) is 6.08. The summed E-state index contributed by atoms with van der Waals surface area (Å²) in [5.74, 6) is -0.866. The molecule has 0 spiro atoms. The van der Waals surface area contributed by atoms with Crippen molar-refractivity contribution in [2.75, 3.05) is 24.7 Å².